The molecule has 0 aliphatic carbocycles. The van der Waals surface area contributed by atoms with E-state index in [1.807, 2.05) is 13.8 Å². The van der Waals surface area contributed by atoms with Crippen LogP contribution in [0.4, 0.5) is 0 Å². The molecule has 0 spiro atoms. The number of hydrogen-bond donors (Lipinski definition) is 1. The first-order valence-electron chi connectivity index (χ1n) is 7.90. The number of sulfone groups is 1. The van der Waals surface area contributed by atoms with Crippen LogP contribution in [0.2, 0.25) is 0 Å². The van der Waals surface area contributed by atoms with Gasteiger partial charge in [0, 0.05) is 11.6 Å². The Kier molecular flexibility index (Phi) is 5.04. The lowest BCUT2D eigenvalue weighted by molar-refractivity contribution is 0.0930. The van der Waals surface area contributed by atoms with Crippen LogP contribution >= 0.6 is 0 Å². The van der Waals surface area contributed by atoms with Crippen molar-refractivity contribution in [1.29, 1.82) is 0 Å². The van der Waals surface area contributed by atoms with Crippen LogP contribution in [0.5, 0.6) is 5.75 Å². The van der Waals surface area contributed by atoms with E-state index in [-0.39, 0.29) is 23.8 Å². The molecule has 5 nitrogen and oxygen atoms in total. The summed E-state index contributed by atoms with van der Waals surface area (Å²) >= 11 is 0. The summed E-state index contributed by atoms with van der Waals surface area (Å²) in [6.45, 7) is 7.33. The largest absolute Gasteiger partial charge is 0.491 e. The van der Waals surface area contributed by atoms with E-state index in [4.69, 9.17) is 4.74 Å². The van der Waals surface area contributed by atoms with E-state index < -0.39 is 14.6 Å². The number of hydrogen-bond acceptors (Lipinski definition) is 4. The summed E-state index contributed by atoms with van der Waals surface area (Å²) in [6, 6.07) is 6.86. The molecule has 1 aromatic rings. The molecule has 23 heavy (non-hydrogen) atoms. The normalized spacial score (nSPS) is 22.6. The molecule has 1 aliphatic heterocycles. The van der Waals surface area contributed by atoms with Gasteiger partial charge in [-0.05, 0) is 64.8 Å². The lowest BCUT2D eigenvalue weighted by Crippen LogP contribution is -2.49. The van der Waals surface area contributed by atoms with Crippen LogP contribution in [-0.2, 0) is 9.84 Å². The van der Waals surface area contributed by atoms with Crippen molar-refractivity contribution in [1.82, 2.24) is 5.32 Å². The van der Waals surface area contributed by atoms with Crippen molar-refractivity contribution in [3.8, 4) is 5.75 Å². The van der Waals surface area contributed by atoms with E-state index in [1.165, 1.54) is 0 Å². The molecule has 1 saturated heterocycles. The van der Waals surface area contributed by atoms with E-state index in [0.717, 1.165) is 5.75 Å². The van der Waals surface area contributed by atoms with Crippen molar-refractivity contribution in [3.05, 3.63) is 29.8 Å². The smallest absolute Gasteiger partial charge is 0.251 e. The number of amides is 1. The predicted molar refractivity (Wildman–Crippen MR) is 90.6 cm³/mol. The van der Waals surface area contributed by atoms with Crippen LogP contribution < -0.4 is 10.1 Å². The fraction of sp³-hybridized carbons (Fsp3) is 0.588. The number of benzene rings is 1. The predicted octanol–water partition coefficient (Wildman–Crippen LogP) is 2.56. The summed E-state index contributed by atoms with van der Waals surface area (Å²) in [4.78, 5) is 12.3. The molecule has 0 aromatic heterocycles. The second kappa shape index (κ2) is 6.51. The zero-order valence-corrected chi connectivity index (χ0v) is 14.9. The highest BCUT2D eigenvalue weighted by atomic mass is 32.2. The lowest BCUT2D eigenvalue weighted by atomic mass is 9.99. The van der Waals surface area contributed by atoms with E-state index >= 15 is 0 Å². The third kappa shape index (κ3) is 4.25. The lowest BCUT2D eigenvalue weighted by Gasteiger charge is -2.35. The van der Waals surface area contributed by atoms with Crippen LogP contribution in [0.3, 0.4) is 0 Å². The molecular formula is C17H25NO4S. The van der Waals surface area contributed by atoms with Gasteiger partial charge in [0.1, 0.15) is 5.75 Å². The van der Waals surface area contributed by atoms with Gasteiger partial charge < -0.3 is 10.1 Å². The monoisotopic (exact) mass is 339 g/mol. The van der Waals surface area contributed by atoms with Crippen molar-refractivity contribution in [2.45, 2.75) is 57.4 Å². The van der Waals surface area contributed by atoms with E-state index in [0.29, 0.717) is 18.4 Å². The van der Waals surface area contributed by atoms with Gasteiger partial charge in [-0.3, -0.25) is 4.79 Å². The van der Waals surface area contributed by atoms with Crippen molar-refractivity contribution in [2.75, 3.05) is 5.75 Å². The first-order valence-corrected chi connectivity index (χ1v) is 9.56. The first kappa shape index (κ1) is 17.8. The average molecular weight is 339 g/mol. The molecule has 1 amide bonds. The second-order valence-electron chi connectivity index (χ2n) is 6.93. The average Bonchev–Trinajstić information content (AvgIpc) is 2.43. The number of carbonyl (C=O) groups is 1. The molecule has 6 heteroatoms. The van der Waals surface area contributed by atoms with Gasteiger partial charge in [-0.25, -0.2) is 8.42 Å². The summed E-state index contributed by atoms with van der Waals surface area (Å²) in [5, 5.41) is 2.94. The van der Waals surface area contributed by atoms with Crippen molar-refractivity contribution >= 4 is 15.7 Å². The zero-order valence-electron chi connectivity index (χ0n) is 14.1. The SMILES string of the molecule is CC(C)Oc1ccc(C(=O)NC2CCS(=O)(=O)C(C)(C)C2)cc1. The molecule has 1 aromatic carbocycles. The van der Waals surface area contributed by atoms with Crippen molar-refractivity contribution < 1.29 is 17.9 Å². The van der Waals surface area contributed by atoms with Gasteiger partial charge in [0.15, 0.2) is 9.84 Å². The van der Waals surface area contributed by atoms with Gasteiger partial charge in [0.2, 0.25) is 0 Å². The Morgan fingerprint density at radius 3 is 2.39 bits per heavy atom. The molecule has 128 valence electrons. The first-order chi connectivity index (χ1) is 10.6. The van der Waals surface area contributed by atoms with Crippen LogP contribution in [0.25, 0.3) is 0 Å². The minimum Gasteiger partial charge on any atom is -0.491 e. The molecule has 1 unspecified atom stereocenters. The summed E-state index contributed by atoms with van der Waals surface area (Å²) in [5.41, 5.74) is 0.548. The Morgan fingerprint density at radius 2 is 1.87 bits per heavy atom. The molecule has 1 N–H and O–H groups in total. The minimum atomic E-state index is -3.08. The Balaban J connectivity index is 2.00. The maximum atomic E-state index is 12.3. The van der Waals surface area contributed by atoms with Gasteiger partial charge in [0.05, 0.1) is 16.6 Å². The fourth-order valence-corrected chi connectivity index (χ4v) is 4.35. The Morgan fingerprint density at radius 1 is 1.26 bits per heavy atom. The topological polar surface area (TPSA) is 72.5 Å². The highest BCUT2D eigenvalue weighted by Crippen LogP contribution is 2.30. The third-order valence-electron chi connectivity index (χ3n) is 4.14. The van der Waals surface area contributed by atoms with Crippen LogP contribution in [0.1, 0.15) is 50.9 Å². The zero-order chi connectivity index (χ0) is 17.3. The van der Waals surface area contributed by atoms with Crippen LogP contribution in [0.15, 0.2) is 24.3 Å². The maximum Gasteiger partial charge on any atom is 0.251 e. The van der Waals surface area contributed by atoms with Gasteiger partial charge >= 0.3 is 0 Å². The summed E-state index contributed by atoms with van der Waals surface area (Å²) in [6.07, 6.45) is 0.989. The summed E-state index contributed by atoms with van der Waals surface area (Å²) < 4.78 is 28.8. The maximum absolute atomic E-state index is 12.3. The standard InChI is InChI=1S/C17H25NO4S/c1-12(2)22-15-7-5-13(6-8-15)16(19)18-14-9-10-23(20,21)17(3,4)11-14/h5-8,12,14H,9-11H2,1-4H3,(H,18,19). The highest BCUT2D eigenvalue weighted by molar-refractivity contribution is 7.92. The number of nitrogens with one attached hydrogen (secondary N) is 1. The van der Waals surface area contributed by atoms with Crippen molar-refractivity contribution in [2.24, 2.45) is 0 Å². The molecule has 1 aliphatic rings. The Labute approximate surface area is 138 Å². The molecule has 1 fully saturated rings. The molecule has 0 saturated carbocycles. The van der Waals surface area contributed by atoms with Crippen molar-refractivity contribution in [3.63, 3.8) is 0 Å². The molecule has 0 radical (unpaired) electrons. The number of rotatable bonds is 4. The van der Waals surface area contributed by atoms with Gasteiger partial charge in [-0.1, -0.05) is 0 Å². The minimum absolute atomic E-state index is 0.0843. The van der Waals surface area contributed by atoms with Crippen LogP contribution in [0, 0.1) is 0 Å². The van der Waals surface area contributed by atoms with E-state index in [2.05, 4.69) is 5.32 Å². The van der Waals surface area contributed by atoms with E-state index in [9.17, 15) is 13.2 Å². The van der Waals surface area contributed by atoms with Crippen LogP contribution in [-0.4, -0.2) is 37.0 Å². The molecule has 1 heterocycles. The molecular weight excluding hydrogens is 314 g/mol. The van der Waals surface area contributed by atoms with Gasteiger partial charge in [-0.15, -0.1) is 0 Å². The quantitative estimate of drug-likeness (QED) is 0.915. The second-order valence-corrected chi connectivity index (χ2v) is 9.68. The summed E-state index contributed by atoms with van der Waals surface area (Å²) in [7, 11) is -3.08. The summed E-state index contributed by atoms with van der Waals surface area (Å²) in [5.74, 6) is 0.661. The Bertz CT molecular complexity index is 662. The highest BCUT2D eigenvalue weighted by Gasteiger charge is 2.41. The molecule has 1 atom stereocenters. The number of ether oxygens (including phenoxy) is 1. The molecule has 2 rings (SSSR count). The fourth-order valence-electron chi connectivity index (χ4n) is 2.75. The number of carbonyl (C=O) groups excluding carboxylic acids is 1. The molecule has 0 bridgehead atoms. The Hall–Kier alpha value is -1.56. The van der Waals surface area contributed by atoms with Gasteiger partial charge in [-0.2, -0.15) is 0 Å². The van der Waals surface area contributed by atoms with E-state index in [1.54, 1.807) is 38.1 Å². The third-order valence-corrected chi connectivity index (χ3v) is 6.76. The van der Waals surface area contributed by atoms with Gasteiger partial charge in [0.25, 0.3) is 5.91 Å².